The van der Waals surface area contributed by atoms with Crippen LogP contribution in [0.15, 0.2) is 24.3 Å². The molecule has 0 spiro atoms. The van der Waals surface area contributed by atoms with Crippen LogP contribution < -0.4 is 10.1 Å². The summed E-state index contributed by atoms with van der Waals surface area (Å²) < 4.78 is 18.5. The summed E-state index contributed by atoms with van der Waals surface area (Å²) in [6.07, 6.45) is 2.21. The van der Waals surface area contributed by atoms with E-state index >= 15 is 0 Å². The molecule has 0 amide bonds. The van der Waals surface area contributed by atoms with Crippen LogP contribution in [0.25, 0.3) is 0 Å². The molecule has 1 aromatic rings. The van der Waals surface area contributed by atoms with E-state index in [1.165, 1.54) is 6.07 Å². The third-order valence-electron chi connectivity index (χ3n) is 3.28. The van der Waals surface area contributed by atoms with E-state index in [2.05, 4.69) is 5.32 Å². The quantitative estimate of drug-likeness (QED) is 0.759. The van der Waals surface area contributed by atoms with Crippen molar-refractivity contribution >= 4 is 5.97 Å². The summed E-state index contributed by atoms with van der Waals surface area (Å²) in [5.41, 5.74) is -0.793. The predicted octanol–water partition coefficient (Wildman–Crippen LogP) is 1.80. The topological polar surface area (TPSA) is 58.6 Å². The number of carboxylic acids is 1. The Hall–Kier alpha value is -1.62. The molecule has 0 saturated heterocycles. The van der Waals surface area contributed by atoms with Gasteiger partial charge in [0.1, 0.15) is 12.1 Å². The molecule has 1 aromatic carbocycles. The molecule has 0 radical (unpaired) electrons. The number of para-hydroxylation sites is 1. The van der Waals surface area contributed by atoms with Crippen molar-refractivity contribution in [1.82, 2.24) is 5.32 Å². The van der Waals surface area contributed by atoms with Gasteiger partial charge in [0, 0.05) is 6.54 Å². The van der Waals surface area contributed by atoms with Crippen LogP contribution in [0.2, 0.25) is 0 Å². The number of carboxylic acid groups (broad SMARTS) is 1. The number of benzene rings is 1. The van der Waals surface area contributed by atoms with Gasteiger partial charge in [0.05, 0.1) is 0 Å². The van der Waals surface area contributed by atoms with Gasteiger partial charge in [0.15, 0.2) is 11.6 Å². The smallest absolute Gasteiger partial charge is 0.323 e. The highest BCUT2D eigenvalue weighted by atomic mass is 19.1. The van der Waals surface area contributed by atoms with Crippen molar-refractivity contribution in [2.75, 3.05) is 13.2 Å². The Balaban J connectivity index is 1.76. The molecule has 4 nitrogen and oxygen atoms in total. The minimum atomic E-state index is -0.820. The van der Waals surface area contributed by atoms with Gasteiger partial charge in [-0.05, 0) is 31.4 Å². The molecule has 0 aromatic heterocycles. The van der Waals surface area contributed by atoms with E-state index in [4.69, 9.17) is 9.84 Å². The van der Waals surface area contributed by atoms with E-state index in [1.54, 1.807) is 18.2 Å². The Labute approximate surface area is 105 Å². The third-order valence-corrected chi connectivity index (χ3v) is 3.28. The lowest BCUT2D eigenvalue weighted by Gasteiger charge is -2.38. The van der Waals surface area contributed by atoms with Gasteiger partial charge in [0.25, 0.3) is 0 Å². The Bertz CT molecular complexity index is 432. The summed E-state index contributed by atoms with van der Waals surface area (Å²) in [5, 5.41) is 12.1. The molecule has 2 rings (SSSR count). The lowest BCUT2D eigenvalue weighted by Crippen LogP contribution is -2.57. The molecule has 1 aliphatic carbocycles. The summed E-state index contributed by atoms with van der Waals surface area (Å²) in [5.74, 6) is -1.04. The van der Waals surface area contributed by atoms with Gasteiger partial charge >= 0.3 is 5.97 Å². The van der Waals surface area contributed by atoms with E-state index in [0.717, 1.165) is 6.42 Å². The number of hydrogen-bond donors (Lipinski definition) is 2. The zero-order valence-electron chi connectivity index (χ0n) is 9.99. The van der Waals surface area contributed by atoms with Crippen LogP contribution >= 0.6 is 0 Å². The van der Waals surface area contributed by atoms with E-state index in [0.29, 0.717) is 19.4 Å². The highest BCUT2D eigenvalue weighted by molar-refractivity contribution is 5.79. The van der Waals surface area contributed by atoms with Crippen LogP contribution in [0.1, 0.15) is 19.3 Å². The van der Waals surface area contributed by atoms with Crippen LogP contribution in [-0.2, 0) is 4.79 Å². The van der Waals surface area contributed by atoms with Gasteiger partial charge in [-0.25, -0.2) is 4.39 Å². The molecule has 0 unspecified atom stereocenters. The van der Waals surface area contributed by atoms with E-state index in [1.807, 2.05) is 0 Å². The molecule has 1 aliphatic rings. The summed E-state index contributed by atoms with van der Waals surface area (Å²) in [6, 6.07) is 6.16. The first-order valence-corrected chi connectivity index (χ1v) is 6.00. The Kier molecular flexibility index (Phi) is 3.81. The molecule has 1 saturated carbocycles. The van der Waals surface area contributed by atoms with Gasteiger partial charge in [-0.1, -0.05) is 12.1 Å². The molecule has 0 atom stereocenters. The first-order valence-electron chi connectivity index (χ1n) is 6.00. The first-order chi connectivity index (χ1) is 8.64. The first kappa shape index (κ1) is 12.8. The fourth-order valence-electron chi connectivity index (χ4n) is 2.01. The highest BCUT2D eigenvalue weighted by Gasteiger charge is 2.43. The Morgan fingerprint density at radius 2 is 2.17 bits per heavy atom. The monoisotopic (exact) mass is 253 g/mol. The molecule has 18 heavy (non-hydrogen) atoms. The average Bonchev–Trinajstić information content (AvgIpc) is 2.28. The van der Waals surface area contributed by atoms with Crippen LogP contribution in [0.3, 0.4) is 0 Å². The summed E-state index contributed by atoms with van der Waals surface area (Å²) in [7, 11) is 0. The largest absolute Gasteiger partial charge is 0.489 e. The zero-order chi connectivity index (χ0) is 13.0. The standard InChI is InChI=1S/C13H16FNO3/c14-10-4-1-2-5-11(10)18-9-8-15-13(12(16)17)6-3-7-13/h1-2,4-5,15H,3,6-9H2,(H,16,17). The number of carbonyl (C=O) groups is 1. The molecule has 2 N–H and O–H groups in total. The van der Waals surface area contributed by atoms with Crippen LogP contribution in [-0.4, -0.2) is 29.8 Å². The van der Waals surface area contributed by atoms with Crippen molar-refractivity contribution in [2.24, 2.45) is 0 Å². The fraction of sp³-hybridized carbons (Fsp3) is 0.462. The molecular weight excluding hydrogens is 237 g/mol. The minimum Gasteiger partial charge on any atom is -0.489 e. The second kappa shape index (κ2) is 5.35. The third kappa shape index (κ3) is 2.61. The van der Waals surface area contributed by atoms with Gasteiger partial charge in [-0.15, -0.1) is 0 Å². The van der Waals surface area contributed by atoms with Gasteiger partial charge in [0.2, 0.25) is 0 Å². The molecule has 5 heteroatoms. The van der Waals surface area contributed by atoms with Crippen molar-refractivity contribution in [3.05, 3.63) is 30.1 Å². The minimum absolute atomic E-state index is 0.192. The number of halogens is 1. The lowest BCUT2D eigenvalue weighted by molar-refractivity contribution is -0.148. The number of hydrogen-bond acceptors (Lipinski definition) is 3. The van der Waals surface area contributed by atoms with Crippen LogP contribution in [0, 0.1) is 5.82 Å². The van der Waals surface area contributed by atoms with Gasteiger partial charge in [-0.3, -0.25) is 10.1 Å². The maximum Gasteiger partial charge on any atom is 0.323 e. The number of nitrogens with one attached hydrogen (secondary N) is 1. The molecule has 0 heterocycles. The number of ether oxygens (including phenoxy) is 1. The SMILES string of the molecule is O=C(O)C1(NCCOc2ccccc2F)CCC1. The summed E-state index contributed by atoms with van der Waals surface area (Å²) in [6.45, 7) is 0.636. The fourth-order valence-corrected chi connectivity index (χ4v) is 2.01. The number of rotatable bonds is 6. The predicted molar refractivity (Wildman–Crippen MR) is 64.1 cm³/mol. The van der Waals surface area contributed by atoms with E-state index in [9.17, 15) is 9.18 Å². The molecule has 0 aliphatic heterocycles. The average molecular weight is 253 g/mol. The summed E-state index contributed by atoms with van der Waals surface area (Å²) in [4.78, 5) is 11.1. The van der Waals surface area contributed by atoms with Crippen molar-refractivity contribution in [2.45, 2.75) is 24.8 Å². The maximum absolute atomic E-state index is 13.2. The Morgan fingerprint density at radius 1 is 1.44 bits per heavy atom. The lowest BCUT2D eigenvalue weighted by atomic mass is 9.77. The van der Waals surface area contributed by atoms with Crippen molar-refractivity contribution in [3.8, 4) is 5.75 Å². The summed E-state index contributed by atoms with van der Waals surface area (Å²) >= 11 is 0. The maximum atomic E-state index is 13.2. The Morgan fingerprint density at radius 3 is 2.72 bits per heavy atom. The molecule has 1 fully saturated rings. The zero-order valence-corrected chi connectivity index (χ0v) is 9.99. The van der Waals surface area contributed by atoms with Crippen LogP contribution in [0.4, 0.5) is 4.39 Å². The molecule has 0 bridgehead atoms. The second-order valence-corrected chi connectivity index (χ2v) is 4.45. The molecule has 98 valence electrons. The second-order valence-electron chi connectivity index (χ2n) is 4.45. The molecular formula is C13H16FNO3. The highest BCUT2D eigenvalue weighted by Crippen LogP contribution is 2.31. The van der Waals surface area contributed by atoms with Gasteiger partial charge < -0.3 is 9.84 Å². The van der Waals surface area contributed by atoms with E-state index in [-0.39, 0.29) is 12.4 Å². The van der Waals surface area contributed by atoms with E-state index < -0.39 is 17.3 Å². The van der Waals surface area contributed by atoms with Gasteiger partial charge in [-0.2, -0.15) is 0 Å². The van der Waals surface area contributed by atoms with Crippen molar-refractivity contribution in [1.29, 1.82) is 0 Å². The van der Waals surface area contributed by atoms with Crippen LogP contribution in [0.5, 0.6) is 5.75 Å². The number of aliphatic carboxylic acids is 1. The van der Waals surface area contributed by atoms with Crippen molar-refractivity contribution in [3.63, 3.8) is 0 Å². The van der Waals surface area contributed by atoms with Crippen molar-refractivity contribution < 1.29 is 19.0 Å². The normalized spacial score (nSPS) is 16.9.